The third-order valence-electron chi connectivity index (χ3n) is 2.58. The summed E-state index contributed by atoms with van der Waals surface area (Å²) in [7, 11) is 3.69. The summed E-state index contributed by atoms with van der Waals surface area (Å²) in [6, 6.07) is 6.19. The van der Waals surface area contributed by atoms with Crippen LogP contribution in [0.1, 0.15) is 18.4 Å². The monoisotopic (exact) mass is 222 g/mol. The van der Waals surface area contributed by atoms with E-state index in [1.165, 1.54) is 24.1 Å². The van der Waals surface area contributed by atoms with E-state index >= 15 is 0 Å². The van der Waals surface area contributed by atoms with Crippen molar-refractivity contribution < 1.29 is 4.74 Å². The van der Waals surface area contributed by atoms with Crippen LogP contribution in [0.3, 0.4) is 0 Å². The van der Waals surface area contributed by atoms with Crippen molar-refractivity contribution in [2.75, 3.05) is 32.6 Å². The van der Waals surface area contributed by atoms with Crippen molar-refractivity contribution in [2.24, 2.45) is 0 Å². The fourth-order valence-electron chi connectivity index (χ4n) is 1.65. The Balaban J connectivity index is 2.34. The molecule has 3 heteroatoms. The van der Waals surface area contributed by atoms with Gasteiger partial charge in [-0.2, -0.15) is 0 Å². The van der Waals surface area contributed by atoms with Crippen molar-refractivity contribution in [1.29, 1.82) is 0 Å². The summed E-state index contributed by atoms with van der Waals surface area (Å²) in [6.07, 6.45) is 2.39. The minimum absolute atomic E-state index is 0.945. The first-order valence-corrected chi connectivity index (χ1v) is 5.81. The van der Waals surface area contributed by atoms with E-state index in [1.54, 1.807) is 7.11 Å². The zero-order valence-corrected chi connectivity index (χ0v) is 10.5. The molecule has 3 nitrogen and oxygen atoms in total. The third-order valence-corrected chi connectivity index (χ3v) is 2.58. The van der Waals surface area contributed by atoms with Crippen molar-refractivity contribution in [3.8, 4) is 5.75 Å². The lowest BCUT2D eigenvalue weighted by molar-refractivity contribution is 0.412. The van der Waals surface area contributed by atoms with Crippen LogP contribution in [0, 0.1) is 6.92 Å². The van der Waals surface area contributed by atoms with Crippen LogP contribution in [-0.2, 0) is 0 Å². The predicted molar refractivity (Wildman–Crippen MR) is 69.4 cm³/mol. The molecule has 0 saturated carbocycles. The van der Waals surface area contributed by atoms with Crippen molar-refractivity contribution in [3.63, 3.8) is 0 Å². The van der Waals surface area contributed by atoms with Crippen LogP contribution in [0.15, 0.2) is 18.2 Å². The Kier molecular flexibility index (Phi) is 5.72. The lowest BCUT2D eigenvalue weighted by Crippen LogP contribution is -2.10. The van der Waals surface area contributed by atoms with E-state index in [-0.39, 0.29) is 0 Å². The van der Waals surface area contributed by atoms with Crippen LogP contribution < -0.4 is 15.4 Å². The maximum absolute atomic E-state index is 5.22. The Morgan fingerprint density at radius 3 is 2.56 bits per heavy atom. The van der Waals surface area contributed by atoms with E-state index in [1.807, 2.05) is 13.1 Å². The Labute approximate surface area is 98.2 Å². The second-order valence-electron chi connectivity index (χ2n) is 3.92. The Morgan fingerprint density at radius 2 is 1.94 bits per heavy atom. The average molecular weight is 222 g/mol. The average Bonchev–Trinajstić information content (AvgIpc) is 2.29. The van der Waals surface area contributed by atoms with Gasteiger partial charge >= 0.3 is 0 Å². The fraction of sp³-hybridized carbons (Fsp3) is 0.538. The molecule has 0 aliphatic carbocycles. The van der Waals surface area contributed by atoms with Crippen LogP contribution in [0.5, 0.6) is 5.75 Å². The number of aryl methyl sites for hydroxylation is 1. The van der Waals surface area contributed by atoms with Crippen LogP contribution >= 0.6 is 0 Å². The summed E-state index contributed by atoms with van der Waals surface area (Å²) in [5.74, 6) is 0.945. The summed E-state index contributed by atoms with van der Waals surface area (Å²) < 4.78 is 5.22. The molecule has 0 radical (unpaired) electrons. The van der Waals surface area contributed by atoms with Crippen LogP contribution in [0.2, 0.25) is 0 Å². The third kappa shape index (κ3) is 4.11. The van der Waals surface area contributed by atoms with Crippen LogP contribution in [0.4, 0.5) is 5.69 Å². The smallest absolute Gasteiger partial charge is 0.121 e. The molecule has 16 heavy (non-hydrogen) atoms. The van der Waals surface area contributed by atoms with E-state index in [4.69, 9.17) is 4.74 Å². The largest absolute Gasteiger partial charge is 0.496 e. The van der Waals surface area contributed by atoms with Crippen LogP contribution in [0.25, 0.3) is 0 Å². The second kappa shape index (κ2) is 7.12. The van der Waals surface area contributed by atoms with Gasteiger partial charge in [0.15, 0.2) is 0 Å². The van der Waals surface area contributed by atoms with Gasteiger partial charge in [0.1, 0.15) is 5.75 Å². The van der Waals surface area contributed by atoms with Gasteiger partial charge in [0.2, 0.25) is 0 Å². The van der Waals surface area contributed by atoms with Gasteiger partial charge in [-0.15, -0.1) is 0 Å². The van der Waals surface area contributed by atoms with Crippen molar-refractivity contribution in [2.45, 2.75) is 19.8 Å². The lowest BCUT2D eigenvalue weighted by atomic mass is 10.2. The van der Waals surface area contributed by atoms with Gasteiger partial charge in [0.05, 0.1) is 7.11 Å². The van der Waals surface area contributed by atoms with E-state index in [9.17, 15) is 0 Å². The van der Waals surface area contributed by atoms with Crippen molar-refractivity contribution in [1.82, 2.24) is 5.32 Å². The highest BCUT2D eigenvalue weighted by molar-refractivity contribution is 5.50. The molecule has 0 bridgehead atoms. The minimum atomic E-state index is 0.945. The van der Waals surface area contributed by atoms with Gasteiger partial charge in [-0.3, -0.25) is 0 Å². The zero-order chi connectivity index (χ0) is 11.8. The molecule has 0 amide bonds. The molecule has 0 saturated heterocycles. The van der Waals surface area contributed by atoms with Gasteiger partial charge in [-0.25, -0.2) is 0 Å². The topological polar surface area (TPSA) is 33.3 Å². The number of ether oxygens (including phenoxy) is 1. The van der Waals surface area contributed by atoms with Crippen molar-refractivity contribution in [3.05, 3.63) is 23.8 Å². The Morgan fingerprint density at radius 1 is 1.19 bits per heavy atom. The fourth-order valence-corrected chi connectivity index (χ4v) is 1.65. The molecule has 1 aromatic carbocycles. The van der Waals surface area contributed by atoms with Gasteiger partial charge < -0.3 is 15.4 Å². The zero-order valence-electron chi connectivity index (χ0n) is 10.5. The summed E-state index contributed by atoms with van der Waals surface area (Å²) in [6.45, 7) is 4.17. The van der Waals surface area contributed by atoms with E-state index in [0.717, 1.165) is 18.8 Å². The molecule has 1 aromatic rings. The molecule has 0 heterocycles. The molecular weight excluding hydrogens is 200 g/mol. The molecular formula is C13H22N2O. The highest BCUT2D eigenvalue weighted by Crippen LogP contribution is 2.21. The number of rotatable bonds is 7. The SMILES string of the molecule is CNCCCCNc1ccc(OC)c(C)c1. The Hall–Kier alpha value is -1.22. The van der Waals surface area contributed by atoms with Gasteiger partial charge in [-0.1, -0.05) is 0 Å². The summed E-state index contributed by atoms with van der Waals surface area (Å²) in [5.41, 5.74) is 2.34. The number of nitrogens with one attached hydrogen (secondary N) is 2. The number of unbranched alkanes of at least 4 members (excludes halogenated alkanes) is 1. The molecule has 0 aromatic heterocycles. The molecule has 0 aliphatic heterocycles. The first-order chi connectivity index (χ1) is 7.77. The van der Waals surface area contributed by atoms with Gasteiger partial charge in [0.25, 0.3) is 0 Å². The van der Waals surface area contributed by atoms with E-state index in [0.29, 0.717) is 0 Å². The first kappa shape index (κ1) is 12.8. The summed E-state index contributed by atoms with van der Waals surface area (Å²) in [5, 5.41) is 6.56. The summed E-state index contributed by atoms with van der Waals surface area (Å²) in [4.78, 5) is 0. The highest BCUT2D eigenvalue weighted by Gasteiger charge is 1.98. The molecule has 0 unspecified atom stereocenters. The molecule has 0 fully saturated rings. The van der Waals surface area contributed by atoms with Gasteiger partial charge in [-0.05, 0) is 57.1 Å². The molecule has 90 valence electrons. The normalized spacial score (nSPS) is 10.2. The van der Waals surface area contributed by atoms with E-state index < -0.39 is 0 Å². The number of anilines is 1. The number of hydrogen-bond acceptors (Lipinski definition) is 3. The first-order valence-electron chi connectivity index (χ1n) is 5.81. The number of methoxy groups -OCH3 is 1. The lowest BCUT2D eigenvalue weighted by Gasteiger charge is -2.09. The molecule has 2 N–H and O–H groups in total. The maximum atomic E-state index is 5.22. The molecule has 1 rings (SSSR count). The van der Waals surface area contributed by atoms with Gasteiger partial charge in [0, 0.05) is 12.2 Å². The van der Waals surface area contributed by atoms with Crippen LogP contribution in [-0.4, -0.2) is 27.2 Å². The molecule has 0 spiro atoms. The number of hydrogen-bond donors (Lipinski definition) is 2. The second-order valence-corrected chi connectivity index (χ2v) is 3.92. The quantitative estimate of drug-likeness (QED) is 0.695. The maximum Gasteiger partial charge on any atom is 0.121 e. The Bertz CT molecular complexity index is 313. The van der Waals surface area contributed by atoms with Crippen molar-refractivity contribution >= 4 is 5.69 Å². The van der Waals surface area contributed by atoms with E-state index in [2.05, 4.69) is 29.7 Å². The number of benzene rings is 1. The summed E-state index contributed by atoms with van der Waals surface area (Å²) >= 11 is 0. The highest BCUT2D eigenvalue weighted by atomic mass is 16.5. The minimum Gasteiger partial charge on any atom is -0.496 e. The standard InChI is InChI=1S/C13H22N2O/c1-11-10-12(6-7-13(11)16-3)15-9-5-4-8-14-2/h6-7,10,14-15H,4-5,8-9H2,1-3H3. The molecule has 0 aliphatic rings. The molecule has 0 atom stereocenters. The predicted octanol–water partition coefficient (Wildman–Crippen LogP) is 2.42.